The third-order valence-electron chi connectivity index (χ3n) is 3.86. The summed E-state index contributed by atoms with van der Waals surface area (Å²) in [5.41, 5.74) is 5.70. The van der Waals surface area contributed by atoms with E-state index >= 15 is 0 Å². The number of nitrogens with zero attached hydrogens (tertiary/aromatic N) is 1. The van der Waals surface area contributed by atoms with Gasteiger partial charge in [0.15, 0.2) is 0 Å². The van der Waals surface area contributed by atoms with Crippen LogP contribution in [0.1, 0.15) is 18.1 Å². The Morgan fingerprint density at radius 3 is 2.56 bits per heavy atom. The number of hydrogen-bond donors (Lipinski definition) is 1. The van der Waals surface area contributed by atoms with Crippen molar-refractivity contribution >= 4 is 46.8 Å². The van der Waals surface area contributed by atoms with Gasteiger partial charge in [-0.3, -0.25) is 4.79 Å². The summed E-state index contributed by atoms with van der Waals surface area (Å²) in [6, 6.07) is 22.1. The van der Waals surface area contributed by atoms with Crippen molar-refractivity contribution < 1.29 is 4.79 Å². The molecule has 1 amide bonds. The number of rotatable bonds is 7. The lowest BCUT2D eigenvalue weighted by atomic mass is 10.2. The molecule has 0 aliphatic carbocycles. The number of amides is 1. The first-order valence-electron chi connectivity index (χ1n) is 8.46. The number of carbonyl (C=O) groups is 1. The topological polar surface area (TPSA) is 41.5 Å². The summed E-state index contributed by atoms with van der Waals surface area (Å²) in [5.74, 6) is 0.664. The lowest BCUT2D eigenvalue weighted by Crippen LogP contribution is -2.26. The molecule has 0 saturated carbocycles. The predicted molar refractivity (Wildman–Crippen MR) is 118 cm³/mol. The summed E-state index contributed by atoms with van der Waals surface area (Å²) in [5, 5.41) is 3.88. The Hall–Kier alpha value is -2.08. The van der Waals surface area contributed by atoms with Crippen molar-refractivity contribution in [2.45, 2.75) is 17.9 Å². The molecule has 1 N–H and O–H groups in total. The highest BCUT2D eigenvalue weighted by atomic mass is 35.5. The van der Waals surface area contributed by atoms with Gasteiger partial charge in [-0.1, -0.05) is 72.3 Å². The summed E-state index contributed by atoms with van der Waals surface area (Å²) in [6.07, 6.45) is 1.59. The molecule has 3 nitrogen and oxygen atoms in total. The van der Waals surface area contributed by atoms with E-state index in [0.29, 0.717) is 4.34 Å². The van der Waals surface area contributed by atoms with E-state index in [1.165, 1.54) is 16.9 Å². The van der Waals surface area contributed by atoms with Gasteiger partial charge in [-0.05, 0) is 24.1 Å². The van der Waals surface area contributed by atoms with Crippen LogP contribution in [0.4, 0.5) is 0 Å². The third kappa shape index (κ3) is 5.70. The molecule has 0 bridgehead atoms. The van der Waals surface area contributed by atoms with E-state index in [1.54, 1.807) is 18.0 Å². The normalized spacial score (nSPS) is 12.2. The Balaban J connectivity index is 1.54. The van der Waals surface area contributed by atoms with Crippen LogP contribution in [0.25, 0.3) is 10.4 Å². The van der Waals surface area contributed by atoms with Crippen molar-refractivity contribution in [2.24, 2.45) is 5.10 Å². The first-order chi connectivity index (χ1) is 13.1. The van der Waals surface area contributed by atoms with Gasteiger partial charge in [0.05, 0.1) is 11.5 Å². The molecule has 0 saturated heterocycles. The SMILES string of the molecule is CC(SCc1ccccc1)C(=O)N/N=C/c1cc(-c2ccccc2)sc1Cl. The molecule has 3 aromatic rings. The minimum absolute atomic E-state index is 0.123. The first-order valence-corrected chi connectivity index (χ1v) is 10.7. The summed E-state index contributed by atoms with van der Waals surface area (Å²) >= 11 is 9.37. The molecular formula is C21H19ClN2OS2. The van der Waals surface area contributed by atoms with E-state index < -0.39 is 0 Å². The minimum Gasteiger partial charge on any atom is -0.272 e. The highest BCUT2D eigenvalue weighted by Crippen LogP contribution is 2.33. The van der Waals surface area contributed by atoms with Crippen molar-refractivity contribution in [1.29, 1.82) is 0 Å². The number of carbonyl (C=O) groups excluding carboxylic acids is 1. The zero-order chi connectivity index (χ0) is 19.1. The van der Waals surface area contributed by atoms with Crippen LogP contribution in [-0.2, 0) is 10.5 Å². The number of benzene rings is 2. The molecule has 138 valence electrons. The van der Waals surface area contributed by atoms with Crippen LogP contribution in [0.15, 0.2) is 71.8 Å². The molecule has 0 radical (unpaired) electrons. The predicted octanol–water partition coefficient (Wildman–Crippen LogP) is 5.84. The monoisotopic (exact) mass is 414 g/mol. The van der Waals surface area contributed by atoms with Gasteiger partial charge in [-0.15, -0.1) is 23.1 Å². The number of hydrogen-bond acceptors (Lipinski definition) is 4. The zero-order valence-electron chi connectivity index (χ0n) is 14.8. The Kier molecular flexibility index (Phi) is 7.10. The molecule has 6 heteroatoms. The Morgan fingerprint density at radius 2 is 1.85 bits per heavy atom. The van der Waals surface area contributed by atoms with Crippen molar-refractivity contribution in [3.63, 3.8) is 0 Å². The Labute approximate surface area is 172 Å². The van der Waals surface area contributed by atoms with E-state index in [-0.39, 0.29) is 11.2 Å². The van der Waals surface area contributed by atoms with Crippen LogP contribution >= 0.6 is 34.7 Å². The van der Waals surface area contributed by atoms with Gasteiger partial charge >= 0.3 is 0 Å². The molecule has 1 heterocycles. The first kappa shape index (κ1) is 19.7. The van der Waals surface area contributed by atoms with Gasteiger partial charge < -0.3 is 0 Å². The molecule has 27 heavy (non-hydrogen) atoms. The van der Waals surface area contributed by atoms with Crippen LogP contribution in [-0.4, -0.2) is 17.4 Å². The molecule has 0 fully saturated rings. The molecule has 1 unspecified atom stereocenters. The maximum atomic E-state index is 12.2. The molecule has 0 aliphatic rings. The molecular weight excluding hydrogens is 396 g/mol. The van der Waals surface area contributed by atoms with Crippen molar-refractivity contribution in [2.75, 3.05) is 0 Å². The summed E-state index contributed by atoms with van der Waals surface area (Å²) in [7, 11) is 0. The van der Waals surface area contributed by atoms with Gasteiger partial charge in [0, 0.05) is 16.2 Å². The fourth-order valence-electron chi connectivity index (χ4n) is 2.34. The lowest BCUT2D eigenvalue weighted by Gasteiger charge is -2.09. The number of halogens is 1. The summed E-state index contributed by atoms with van der Waals surface area (Å²) in [6.45, 7) is 1.88. The number of hydrazone groups is 1. The smallest absolute Gasteiger partial charge is 0.252 e. The van der Waals surface area contributed by atoms with Crippen LogP contribution < -0.4 is 5.43 Å². The van der Waals surface area contributed by atoms with Crippen molar-refractivity contribution in [3.05, 3.63) is 82.2 Å². The molecule has 2 aromatic carbocycles. The minimum atomic E-state index is -0.194. The highest BCUT2D eigenvalue weighted by molar-refractivity contribution is 7.99. The largest absolute Gasteiger partial charge is 0.272 e. The van der Waals surface area contributed by atoms with Crippen LogP contribution in [0.5, 0.6) is 0 Å². The number of thiophene rings is 1. The molecule has 1 atom stereocenters. The van der Waals surface area contributed by atoms with E-state index in [1.807, 2.05) is 61.5 Å². The van der Waals surface area contributed by atoms with Crippen LogP contribution in [0.2, 0.25) is 4.34 Å². The average molecular weight is 415 g/mol. The highest BCUT2D eigenvalue weighted by Gasteiger charge is 2.13. The standard InChI is InChI=1S/C21H19ClN2OS2/c1-15(26-14-16-8-4-2-5-9-16)21(25)24-23-13-18-12-19(27-20(18)22)17-10-6-3-7-11-17/h2-13,15H,14H2,1H3,(H,24,25)/b23-13+. The average Bonchev–Trinajstić information content (AvgIpc) is 3.08. The molecule has 0 aliphatic heterocycles. The Morgan fingerprint density at radius 1 is 1.19 bits per heavy atom. The quantitative estimate of drug-likeness (QED) is 0.389. The second kappa shape index (κ2) is 9.74. The fraction of sp³-hybridized carbons (Fsp3) is 0.143. The second-order valence-corrected chi connectivity index (χ2v) is 8.86. The van der Waals surface area contributed by atoms with E-state index in [9.17, 15) is 4.79 Å². The maximum absolute atomic E-state index is 12.2. The van der Waals surface area contributed by atoms with E-state index in [0.717, 1.165) is 21.8 Å². The fourth-order valence-corrected chi connectivity index (χ4v) is 4.40. The number of thioether (sulfide) groups is 1. The van der Waals surface area contributed by atoms with E-state index in [4.69, 9.17) is 11.6 Å². The van der Waals surface area contributed by atoms with Gasteiger partial charge in [-0.25, -0.2) is 5.43 Å². The maximum Gasteiger partial charge on any atom is 0.252 e. The van der Waals surface area contributed by atoms with Gasteiger partial charge in [0.1, 0.15) is 4.34 Å². The van der Waals surface area contributed by atoms with Crippen LogP contribution in [0, 0.1) is 0 Å². The van der Waals surface area contributed by atoms with E-state index in [2.05, 4.69) is 22.7 Å². The number of nitrogens with one attached hydrogen (secondary N) is 1. The lowest BCUT2D eigenvalue weighted by molar-refractivity contribution is -0.120. The van der Waals surface area contributed by atoms with Crippen LogP contribution in [0.3, 0.4) is 0 Å². The third-order valence-corrected chi connectivity index (χ3v) is 6.51. The second-order valence-electron chi connectivity index (χ2n) is 5.88. The van der Waals surface area contributed by atoms with Crippen molar-refractivity contribution in [3.8, 4) is 10.4 Å². The van der Waals surface area contributed by atoms with Gasteiger partial charge in [0.25, 0.3) is 5.91 Å². The molecule has 0 spiro atoms. The van der Waals surface area contributed by atoms with Gasteiger partial charge in [0.2, 0.25) is 0 Å². The summed E-state index contributed by atoms with van der Waals surface area (Å²) in [4.78, 5) is 13.3. The Bertz CT molecular complexity index is 910. The molecule has 1 aromatic heterocycles. The van der Waals surface area contributed by atoms with Crippen molar-refractivity contribution in [1.82, 2.24) is 5.43 Å². The summed E-state index contributed by atoms with van der Waals surface area (Å²) < 4.78 is 0.651. The van der Waals surface area contributed by atoms with Gasteiger partial charge in [-0.2, -0.15) is 5.10 Å². The molecule has 3 rings (SSSR count). The zero-order valence-corrected chi connectivity index (χ0v) is 17.2.